The van der Waals surface area contributed by atoms with Crippen LogP contribution < -0.4 is 0 Å². The zero-order valence-electron chi connectivity index (χ0n) is 47.9. The van der Waals surface area contributed by atoms with E-state index < -0.39 is 67.3 Å². The van der Waals surface area contributed by atoms with Crippen molar-refractivity contribution < 1.29 is 58.2 Å². The first kappa shape index (κ1) is 70.4. The second-order valence-corrected chi connectivity index (χ2v) is 19.9. The molecule has 0 spiro atoms. The fourth-order valence-corrected chi connectivity index (χ4v) is 8.31. The highest BCUT2D eigenvalue weighted by atomic mass is 16.7. The van der Waals surface area contributed by atoms with Crippen molar-refractivity contribution in [1.82, 2.24) is 0 Å². The van der Waals surface area contributed by atoms with Crippen molar-refractivity contribution in [1.29, 1.82) is 0 Å². The number of aliphatic hydroxyl groups excluding tert-OH is 2. The standard InChI is InChI=1S/C65H104O12/c1-4-7-10-13-16-19-22-25-27-28-29-30-32-34-36-39-42-45-48-51-57(66)73-54-56(75-58(67)52-49-46-43-40-38-35-31-26-23-20-17-14-11-8-5-2)55-74-65-63(61(70)60(69)62(77-65)64(71)72)76-59(68)53-50-47-44-41-37-33-24-21-18-15-12-9-6-3/h8-9,11-12,16-21,25-27,31,33,37,44,47,56,60-63,65,69-70H,4-7,10,13-15,22-24,28-30,32,34-36,38-43,45-46,48-55H2,1-3H3,(H,71,72)/b11-8-,12-9-,19-16-,20-17-,21-18-,27-25-,31-26-,37-33-,47-44-. The summed E-state index contributed by atoms with van der Waals surface area (Å²) in [6.07, 6.45) is 57.9. The summed E-state index contributed by atoms with van der Waals surface area (Å²) < 4.78 is 28.3. The number of carboxylic acid groups (broad SMARTS) is 1. The van der Waals surface area contributed by atoms with Crippen molar-refractivity contribution in [2.24, 2.45) is 0 Å². The van der Waals surface area contributed by atoms with Crippen LogP contribution in [0.2, 0.25) is 0 Å². The lowest BCUT2D eigenvalue weighted by atomic mass is 9.98. The molecule has 0 aromatic heterocycles. The number of carbonyl (C=O) groups is 4. The molecule has 1 aliphatic rings. The van der Waals surface area contributed by atoms with Crippen molar-refractivity contribution >= 4 is 23.9 Å². The molecule has 0 radical (unpaired) electrons. The van der Waals surface area contributed by atoms with E-state index in [4.69, 9.17) is 23.7 Å². The Morgan fingerprint density at radius 1 is 0.442 bits per heavy atom. The molecular weight excluding hydrogens is 973 g/mol. The zero-order chi connectivity index (χ0) is 56.1. The molecule has 0 amide bonds. The SMILES string of the molecule is CC/C=C\C/C=C\C/C=C\C/C=C\CCC(=O)OC1C(OCC(COC(=O)CCCCCCCCCCC/C=C\C/C=C\CCCCC)OC(=O)CCCCCCC/C=C\C/C=C\C/C=C\CC)OC(C(=O)O)C(O)C1O. The van der Waals surface area contributed by atoms with Crippen molar-refractivity contribution in [3.05, 3.63) is 109 Å². The van der Waals surface area contributed by atoms with Gasteiger partial charge < -0.3 is 39.0 Å². The Bertz CT molecular complexity index is 1750. The maximum atomic E-state index is 13.1. The summed E-state index contributed by atoms with van der Waals surface area (Å²) in [4.78, 5) is 51.1. The Morgan fingerprint density at radius 3 is 1.30 bits per heavy atom. The van der Waals surface area contributed by atoms with Crippen LogP contribution in [0.15, 0.2) is 109 Å². The number of aliphatic hydroxyl groups is 2. The topological polar surface area (TPSA) is 175 Å². The van der Waals surface area contributed by atoms with E-state index in [0.29, 0.717) is 25.7 Å². The van der Waals surface area contributed by atoms with E-state index in [0.717, 1.165) is 103 Å². The molecule has 0 aromatic carbocycles. The summed E-state index contributed by atoms with van der Waals surface area (Å²) >= 11 is 0. The summed E-state index contributed by atoms with van der Waals surface area (Å²) in [5.41, 5.74) is 0. The van der Waals surface area contributed by atoms with Crippen molar-refractivity contribution in [2.75, 3.05) is 13.2 Å². The smallest absolute Gasteiger partial charge is 0.335 e. The molecule has 1 saturated heterocycles. The molecule has 3 N–H and O–H groups in total. The number of unbranched alkanes of at least 4 members (excludes halogenated alkanes) is 17. The van der Waals surface area contributed by atoms with E-state index in [1.807, 2.05) is 18.2 Å². The van der Waals surface area contributed by atoms with Crippen LogP contribution in [0.3, 0.4) is 0 Å². The largest absolute Gasteiger partial charge is 0.479 e. The van der Waals surface area contributed by atoms with E-state index in [9.17, 15) is 34.5 Å². The highest BCUT2D eigenvalue weighted by Gasteiger charge is 2.50. The number of allylic oxidation sites excluding steroid dienone is 18. The van der Waals surface area contributed by atoms with Gasteiger partial charge in [-0.3, -0.25) is 14.4 Å². The summed E-state index contributed by atoms with van der Waals surface area (Å²) in [5, 5.41) is 31.4. The minimum Gasteiger partial charge on any atom is -0.479 e. The third-order valence-corrected chi connectivity index (χ3v) is 12.8. The molecular formula is C65H104O12. The number of ether oxygens (including phenoxy) is 5. The maximum absolute atomic E-state index is 13.1. The predicted octanol–water partition coefficient (Wildman–Crippen LogP) is 15.4. The third-order valence-electron chi connectivity index (χ3n) is 12.8. The fraction of sp³-hybridized carbons (Fsp3) is 0.662. The lowest BCUT2D eigenvalue weighted by Crippen LogP contribution is -2.61. The molecule has 0 bridgehead atoms. The Morgan fingerprint density at radius 2 is 0.844 bits per heavy atom. The van der Waals surface area contributed by atoms with Gasteiger partial charge in [0.2, 0.25) is 0 Å². The molecule has 1 aliphatic heterocycles. The van der Waals surface area contributed by atoms with Gasteiger partial charge >= 0.3 is 23.9 Å². The van der Waals surface area contributed by atoms with Gasteiger partial charge in [-0.05, 0) is 109 Å². The van der Waals surface area contributed by atoms with E-state index in [2.05, 4.69) is 112 Å². The van der Waals surface area contributed by atoms with Gasteiger partial charge in [0.1, 0.15) is 18.8 Å². The molecule has 436 valence electrons. The fourth-order valence-electron chi connectivity index (χ4n) is 8.31. The number of hydrogen-bond donors (Lipinski definition) is 3. The van der Waals surface area contributed by atoms with Gasteiger partial charge in [0.05, 0.1) is 6.61 Å². The maximum Gasteiger partial charge on any atom is 0.335 e. The molecule has 12 nitrogen and oxygen atoms in total. The van der Waals surface area contributed by atoms with E-state index >= 15 is 0 Å². The third kappa shape index (κ3) is 42.1. The quantitative estimate of drug-likeness (QED) is 0.0228. The number of carboxylic acids is 1. The molecule has 6 unspecified atom stereocenters. The van der Waals surface area contributed by atoms with Gasteiger partial charge in [-0.15, -0.1) is 0 Å². The van der Waals surface area contributed by atoms with Gasteiger partial charge in [-0.2, -0.15) is 0 Å². The number of esters is 3. The van der Waals surface area contributed by atoms with Crippen LogP contribution >= 0.6 is 0 Å². The first-order valence-electron chi connectivity index (χ1n) is 29.9. The predicted molar refractivity (Wildman–Crippen MR) is 312 cm³/mol. The minimum absolute atomic E-state index is 0.0679. The average Bonchev–Trinajstić information content (AvgIpc) is 3.42. The highest BCUT2D eigenvalue weighted by molar-refractivity contribution is 5.74. The Labute approximate surface area is 465 Å². The molecule has 1 rings (SSSR count). The van der Waals surface area contributed by atoms with Crippen LogP contribution in [0.1, 0.15) is 226 Å². The van der Waals surface area contributed by atoms with Crippen LogP contribution in [0.25, 0.3) is 0 Å². The highest BCUT2D eigenvalue weighted by Crippen LogP contribution is 2.26. The number of carbonyl (C=O) groups excluding carboxylic acids is 3. The van der Waals surface area contributed by atoms with Gasteiger partial charge in [0, 0.05) is 19.3 Å². The minimum atomic E-state index is -1.93. The average molecular weight is 1080 g/mol. The van der Waals surface area contributed by atoms with Crippen molar-refractivity contribution in [3.8, 4) is 0 Å². The molecule has 6 atom stereocenters. The zero-order valence-corrected chi connectivity index (χ0v) is 47.9. The lowest BCUT2D eigenvalue weighted by Gasteiger charge is -2.40. The molecule has 1 fully saturated rings. The normalized spacial score (nSPS) is 18.8. The monoisotopic (exact) mass is 1080 g/mol. The Hall–Kier alpha value is -4.62. The van der Waals surface area contributed by atoms with Crippen LogP contribution in [0, 0.1) is 0 Å². The second-order valence-electron chi connectivity index (χ2n) is 19.9. The van der Waals surface area contributed by atoms with Gasteiger partial charge in [0.25, 0.3) is 0 Å². The van der Waals surface area contributed by atoms with E-state index in [1.54, 1.807) is 0 Å². The van der Waals surface area contributed by atoms with Crippen LogP contribution in [-0.4, -0.2) is 89.2 Å². The van der Waals surface area contributed by atoms with Crippen molar-refractivity contribution in [2.45, 2.75) is 263 Å². The van der Waals surface area contributed by atoms with Crippen LogP contribution in [0.4, 0.5) is 0 Å². The molecule has 0 aromatic rings. The summed E-state index contributed by atoms with van der Waals surface area (Å²) in [6, 6.07) is 0. The van der Waals surface area contributed by atoms with Crippen LogP contribution in [0.5, 0.6) is 0 Å². The van der Waals surface area contributed by atoms with E-state index in [-0.39, 0.29) is 25.9 Å². The molecule has 0 aliphatic carbocycles. The Balaban J connectivity index is 2.72. The Kier molecular flexibility index (Phi) is 47.6. The summed E-state index contributed by atoms with van der Waals surface area (Å²) in [6.45, 7) is 5.68. The number of aliphatic carboxylic acids is 1. The van der Waals surface area contributed by atoms with E-state index in [1.165, 1.54) is 57.8 Å². The van der Waals surface area contributed by atoms with Gasteiger partial charge in [0.15, 0.2) is 24.6 Å². The lowest BCUT2D eigenvalue weighted by molar-refractivity contribution is -0.301. The summed E-state index contributed by atoms with van der Waals surface area (Å²) in [5.74, 6) is -3.26. The van der Waals surface area contributed by atoms with Crippen molar-refractivity contribution in [3.63, 3.8) is 0 Å². The summed E-state index contributed by atoms with van der Waals surface area (Å²) in [7, 11) is 0. The molecule has 0 saturated carbocycles. The number of rotatable bonds is 49. The first-order valence-corrected chi connectivity index (χ1v) is 29.9. The van der Waals surface area contributed by atoms with Gasteiger partial charge in [-0.25, -0.2) is 4.79 Å². The second kappa shape index (κ2) is 52.1. The number of hydrogen-bond acceptors (Lipinski definition) is 11. The molecule has 1 heterocycles. The van der Waals surface area contributed by atoms with Crippen LogP contribution in [-0.2, 0) is 42.9 Å². The first-order chi connectivity index (χ1) is 37.6. The molecule has 12 heteroatoms. The van der Waals surface area contributed by atoms with Gasteiger partial charge in [-0.1, -0.05) is 207 Å². The molecule has 77 heavy (non-hydrogen) atoms.